The molecule has 2 amide bonds. The largest absolute Gasteiger partial charge is 0.480 e. The minimum atomic E-state index is -0.764. The number of nitrogens with one attached hydrogen (secondary N) is 1. The van der Waals surface area contributed by atoms with Gasteiger partial charge in [-0.2, -0.15) is 0 Å². The maximum Gasteiger partial charge on any atom is 0.265 e. The van der Waals surface area contributed by atoms with Crippen molar-refractivity contribution in [2.24, 2.45) is 5.73 Å². The van der Waals surface area contributed by atoms with Crippen molar-refractivity contribution in [3.05, 3.63) is 59.7 Å². The number of nitrogens with two attached hydrogens (primary N) is 1. The van der Waals surface area contributed by atoms with Crippen LogP contribution in [0.15, 0.2) is 48.5 Å². The zero-order valence-electron chi connectivity index (χ0n) is 12.5. The molecule has 0 saturated heterocycles. The predicted octanol–water partition coefficient (Wildman–Crippen LogP) is 2.50. The van der Waals surface area contributed by atoms with Gasteiger partial charge in [-0.1, -0.05) is 24.3 Å². The van der Waals surface area contributed by atoms with Gasteiger partial charge in [0.15, 0.2) is 6.10 Å². The van der Waals surface area contributed by atoms with Crippen molar-refractivity contribution in [2.45, 2.75) is 20.0 Å². The molecular weight excluding hydrogens is 280 g/mol. The zero-order valence-corrected chi connectivity index (χ0v) is 12.5. The Kier molecular flexibility index (Phi) is 4.78. The van der Waals surface area contributed by atoms with Gasteiger partial charge in [0.1, 0.15) is 5.75 Å². The Balaban J connectivity index is 2.11. The first-order valence-electron chi connectivity index (χ1n) is 6.90. The molecule has 0 fully saturated rings. The second kappa shape index (κ2) is 6.76. The highest BCUT2D eigenvalue weighted by molar-refractivity contribution is 5.97. The van der Waals surface area contributed by atoms with E-state index in [0.717, 1.165) is 5.56 Å². The maximum atomic E-state index is 12.1. The molecule has 1 unspecified atom stereocenters. The van der Waals surface area contributed by atoms with E-state index in [1.165, 1.54) is 0 Å². The summed E-state index contributed by atoms with van der Waals surface area (Å²) >= 11 is 0. The van der Waals surface area contributed by atoms with Crippen LogP contribution in [0.1, 0.15) is 22.8 Å². The van der Waals surface area contributed by atoms with Gasteiger partial charge in [-0.3, -0.25) is 9.59 Å². The summed E-state index contributed by atoms with van der Waals surface area (Å²) in [6.07, 6.45) is -0.764. The van der Waals surface area contributed by atoms with Crippen molar-refractivity contribution in [1.29, 1.82) is 0 Å². The van der Waals surface area contributed by atoms with Gasteiger partial charge in [0, 0.05) is 5.69 Å². The summed E-state index contributed by atoms with van der Waals surface area (Å²) in [7, 11) is 0. The SMILES string of the molecule is Cc1ccc(C(N)=O)c(OC(C)C(=O)Nc2ccccc2)c1. The van der Waals surface area contributed by atoms with E-state index in [4.69, 9.17) is 10.5 Å². The number of anilines is 1. The summed E-state index contributed by atoms with van der Waals surface area (Å²) in [5, 5.41) is 2.75. The Morgan fingerprint density at radius 2 is 1.82 bits per heavy atom. The van der Waals surface area contributed by atoms with Crippen LogP contribution in [0.5, 0.6) is 5.75 Å². The third-order valence-electron chi connectivity index (χ3n) is 3.12. The molecule has 5 nitrogen and oxygen atoms in total. The molecule has 0 aliphatic carbocycles. The van der Waals surface area contributed by atoms with Gasteiger partial charge >= 0.3 is 0 Å². The summed E-state index contributed by atoms with van der Waals surface area (Å²) < 4.78 is 5.61. The summed E-state index contributed by atoms with van der Waals surface area (Å²) in [6, 6.07) is 14.1. The van der Waals surface area contributed by atoms with E-state index < -0.39 is 12.0 Å². The first-order chi connectivity index (χ1) is 10.5. The van der Waals surface area contributed by atoms with E-state index in [1.54, 1.807) is 37.3 Å². The number of para-hydroxylation sites is 1. The minimum Gasteiger partial charge on any atom is -0.480 e. The van der Waals surface area contributed by atoms with Gasteiger partial charge < -0.3 is 15.8 Å². The van der Waals surface area contributed by atoms with Crippen molar-refractivity contribution in [2.75, 3.05) is 5.32 Å². The Labute approximate surface area is 129 Å². The van der Waals surface area contributed by atoms with Crippen molar-refractivity contribution in [3.63, 3.8) is 0 Å². The van der Waals surface area contributed by atoms with Gasteiger partial charge in [-0.25, -0.2) is 0 Å². The second-order valence-electron chi connectivity index (χ2n) is 4.98. The monoisotopic (exact) mass is 298 g/mol. The average Bonchev–Trinajstić information content (AvgIpc) is 2.48. The fourth-order valence-electron chi connectivity index (χ4n) is 1.94. The quantitative estimate of drug-likeness (QED) is 0.889. The number of benzene rings is 2. The zero-order chi connectivity index (χ0) is 16.1. The normalized spacial score (nSPS) is 11.5. The first-order valence-corrected chi connectivity index (χ1v) is 6.90. The molecule has 0 heterocycles. The first kappa shape index (κ1) is 15.6. The van der Waals surface area contributed by atoms with Crippen LogP contribution in [0.3, 0.4) is 0 Å². The molecule has 2 aromatic carbocycles. The second-order valence-corrected chi connectivity index (χ2v) is 4.98. The Hall–Kier alpha value is -2.82. The molecule has 1 atom stereocenters. The number of hydrogen-bond donors (Lipinski definition) is 2. The number of amides is 2. The summed E-state index contributed by atoms with van der Waals surface area (Å²) in [5.41, 5.74) is 7.17. The van der Waals surface area contributed by atoms with Crippen LogP contribution in [0.25, 0.3) is 0 Å². The van der Waals surface area contributed by atoms with Gasteiger partial charge in [0.05, 0.1) is 5.56 Å². The lowest BCUT2D eigenvalue weighted by molar-refractivity contribution is -0.122. The lowest BCUT2D eigenvalue weighted by atomic mass is 10.1. The summed E-state index contributed by atoms with van der Waals surface area (Å²) in [5.74, 6) is -0.586. The molecule has 5 heteroatoms. The van der Waals surface area contributed by atoms with Gasteiger partial charge in [-0.05, 0) is 43.7 Å². The fraction of sp³-hybridized carbons (Fsp3) is 0.176. The van der Waals surface area contributed by atoms with Crippen LogP contribution < -0.4 is 15.8 Å². The lowest BCUT2D eigenvalue weighted by Crippen LogP contribution is -2.31. The van der Waals surface area contributed by atoms with E-state index in [2.05, 4.69) is 5.32 Å². The van der Waals surface area contributed by atoms with Crippen LogP contribution in [0.4, 0.5) is 5.69 Å². The third-order valence-corrected chi connectivity index (χ3v) is 3.12. The number of hydrogen-bond acceptors (Lipinski definition) is 3. The number of aryl methyl sites for hydroxylation is 1. The number of carbonyl (C=O) groups is 2. The van der Waals surface area contributed by atoms with E-state index in [0.29, 0.717) is 11.4 Å². The Morgan fingerprint density at radius 3 is 2.45 bits per heavy atom. The van der Waals surface area contributed by atoms with Crippen LogP contribution in [-0.4, -0.2) is 17.9 Å². The van der Waals surface area contributed by atoms with E-state index in [1.807, 2.05) is 25.1 Å². The molecule has 0 saturated carbocycles. The fourth-order valence-corrected chi connectivity index (χ4v) is 1.94. The summed E-state index contributed by atoms with van der Waals surface area (Å²) in [6.45, 7) is 3.48. The Morgan fingerprint density at radius 1 is 1.14 bits per heavy atom. The summed E-state index contributed by atoms with van der Waals surface area (Å²) in [4.78, 5) is 23.5. The highest BCUT2D eigenvalue weighted by Crippen LogP contribution is 2.21. The molecule has 0 spiro atoms. The predicted molar refractivity (Wildman–Crippen MR) is 84.9 cm³/mol. The molecule has 0 radical (unpaired) electrons. The van der Waals surface area contributed by atoms with E-state index in [9.17, 15) is 9.59 Å². The van der Waals surface area contributed by atoms with Crippen LogP contribution in [-0.2, 0) is 4.79 Å². The van der Waals surface area contributed by atoms with Crippen molar-refractivity contribution in [3.8, 4) is 5.75 Å². The van der Waals surface area contributed by atoms with Crippen LogP contribution >= 0.6 is 0 Å². The molecule has 2 rings (SSSR count). The minimum absolute atomic E-state index is 0.255. The molecule has 0 aromatic heterocycles. The van der Waals surface area contributed by atoms with Gasteiger partial charge in [0.2, 0.25) is 0 Å². The van der Waals surface area contributed by atoms with Crippen molar-refractivity contribution >= 4 is 17.5 Å². The number of carbonyl (C=O) groups excluding carboxylic acids is 2. The van der Waals surface area contributed by atoms with E-state index >= 15 is 0 Å². The third kappa shape index (κ3) is 3.85. The molecule has 22 heavy (non-hydrogen) atoms. The topological polar surface area (TPSA) is 81.4 Å². The lowest BCUT2D eigenvalue weighted by Gasteiger charge is -2.17. The molecule has 0 aliphatic heterocycles. The molecule has 0 bridgehead atoms. The highest BCUT2D eigenvalue weighted by Gasteiger charge is 2.18. The number of ether oxygens (including phenoxy) is 1. The average molecular weight is 298 g/mol. The molecular formula is C17H18N2O3. The van der Waals surface area contributed by atoms with E-state index in [-0.39, 0.29) is 11.5 Å². The Bertz CT molecular complexity index is 684. The highest BCUT2D eigenvalue weighted by atomic mass is 16.5. The molecule has 3 N–H and O–H groups in total. The van der Waals surface area contributed by atoms with Gasteiger partial charge in [0.25, 0.3) is 11.8 Å². The van der Waals surface area contributed by atoms with Crippen LogP contribution in [0, 0.1) is 6.92 Å². The molecule has 0 aliphatic rings. The van der Waals surface area contributed by atoms with Gasteiger partial charge in [-0.15, -0.1) is 0 Å². The maximum absolute atomic E-state index is 12.1. The molecule has 2 aromatic rings. The number of rotatable bonds is 5. The number of primary amides is 1. The standard InChI is InChI=1S/C17H18N2O3/c1-11-8-9-14(16(18)20)15(10-11)22-12(2)17(21)19-13-6-4-3-5-7-13/h3-10,12H,1-2H3,(H2,18,20)(H,19,21). The van der Waals surface area contributed by atoms with Crippen molar-refractivity contribution in [1.82, 2.24) is 0 Å². The molecule has 114 valence electrons. The van der Waals surface area contributed by atoms with Crippen molar-refractivity contribution < 1.29 is 14.3 Å². The smallest absolute Gasteiger partial charge is 0.265 e. The van der Waals surface area contributed by atoms with Crippen LogP contribution in [0.2, 0.25) is 0 Å².